The standard InChI is InChI=1S/C27H27N5O2/c1-32-18-22(16-31-32)21-14-25-27(30-15-21)34-26(17-29-25)24(20-5-3-2-4-6-20)8-7-23(33)13-19-9-11-28-12-10-19/h2-6,9-12,14-16,18,24,26,29H,7-8,13,17H2,1H3/t24-,26+/m1/s1. The molecule has 0 fully saturated rings. The smallest absolute Gasteiger partial charge is 0.237 e. The van der Waals surface area contributed by atoms with Crippen molar-refractivity contribution in [3.05, 3.63) is 90.6 Å². The Hall–Kier alpha value is -4.00. The molecule has 0 spiro atoms. The molecule has 0 saturated heterocycles. The minimum Gasteiger partial charge on any atom is -0.470 e. The third kappa shape index (κ3) is 4.98. The van der Waals surface area contributed by atoms with Crippen molar-refractivity contribution in [1.29, 1.82) is 0 Å². The zero-order chi connectivity index (χ0) is 23.3. The molecule has 1 aliphatic rings. The molecule has 4 heterocycles. The van der Waals surface area contributed by atoms with Gasteiger partial charge in [-0.3, -0.25) is 14.5 Å². The van der Waals surface area contributed by atoms with Crippen molar-refractivity contribution >= 4 is 11.5 Å². The Bertz CT molecular complexity index is 1260. The van der Waals surface area contributed by atoms with Gasteiger partial charge < -0.3 is 10.1 Å². The Balaban J connectivity index is 1.31. The van der Waals surface area contributed by atoms with Crippen LogP contribution in [0.3, 0.4) is 0 Å². The van der Waals surface area contributed by atoms with E-state index in [4.69, 9.17) is 4.74 Å². The molecule has 0 amide bonds. The number of aryl methyl sites for hydroxylation is 1. The highest BCUT2D eigenvalue weighted by Crippen LogP contribution is 2.36. The van der Waals surface area contributed by atoms with Gasteiger partial charge in [0.2, 0.25) is 5.88 Å². The molecule has 5 rings (SSSR count). The number of ether oxygens (including phenoxy) is 1. The maximum absolute atomic E-state index is 12.7. The van der Waals surface area contributed by atoms with E-state index < -0.39 is 0 Å². The largest absolute Gasteiger partial charge is 0.470 e. The van der Waals surface area contributed by atoms with E-state index >= 15 is 0 Å². The van der Waals surface area contributed by atoms with Crippen molar-refractivity contribution in [2.45, 2.75) is 31.3 Å². The number of pyridine rings is 2. The first-order chi connectivity index (χ1) is 16.7. The second-order valence-electron chi connectivity index (χ2n) is 8.64. The summed E-state index contributed by atoms with van der Waals surface area (Å²) in [6, 6.07) is 16.1. The van der Waals surface area contributed by atoms with Crippen LogP contribution in [0.5, 0.6) is 5.88 Å². The molecule has 1 aliphatic heterocycles. The van der Waals surface area contributed by atoms with E-state index in [9.17, 15) is 4.79 Å². The number of Topliss-reactive ketones (excluding diaryl/α,β-unsaturated/α-hetero) is 1. The lowest BCUT2D eigenvalue weighted by Gasteiger charge is -2.33. The molecule has 7 nitrogen and oxygen atoms in total. The van der Waals surface area contributed by atoms with E-state index in [0.717, 1.165) is 22.4 Å². The normalized spacial score (nSPS) is 15.6. The minimum atomic E-state index is -0.125. The van der Waals surface area contributed by atoms with Crippen LogP contribution >= 0.6 is 0 Å². The number of rotatable bonds is 8. The topological polar surface area (TPSA) is 81.9 Å². The molecule has 0 aliphatic carbocycles. The molecule has 0 radical (unpaired) electrons. The number of nitrogens with one attached hydrogen (secondary N) is 1. The second kappa shape index (κ2) is 9.87. The molecule has 0 saturated carbocycles. The van der Waals surface area contributed by atoms with Crippen molar-refractivity contribution in [1.82, 2.24) is 19.7 Å². The van der Waals surface area contributed by atoms with Crippen LogP contribution in [0.25, 0.3) is 11.1 Å². The van der Waals surface area contributed by atoms with E-state index in [0.29, 0.717) is 31.7 Å². The Kier molecular flexibility index (Phi) is 6.33. The van der Waals surface area contributed by atoms with Gasteiger partial charge in [0, 0.05) is 61.7 Å². The minimum absolute atomic E-state index is 0.0723. The van der Waals surface area contributed by atoms with Crippen LogP contribution in [0.15, 0.2) is 79.5 Å². The monoisotopic (exact) mass is 453 g/mol. The number of anilines is 1. The molecule has 7 heteroatoms. The van der Waals surface area contributed by atoms with Gasteiger partial charge in [-0.1, -0.05) is 30.3 Å². The molecule has 2 atom stereocenters. The van der Waals surface area contributed by atoms with Crippen LogP contribution in [-0.4, -0.2) is 38.2 Å². The molecule has 3 aromatic heterocycles. The van der Waals surface area contributed by atoms with Crippen molar-refractivity contribution in [3.63, 3.8) is 0 Å². The lowest BCUT2D eigenvalue weighted by Crippen LogP contribution is -2.37. The highest BCUT2D eigenvalue weighted by atomic mass is 16.5. The zero-order valence-electron chi connectivity index (χ0n) is 19.1. The molecule has 0 bridgehead atoms. The molecule has 4 aromatic rings. The highest BCUT2D eigenvalue weighted by molar-refractivity contribution is 5.80. The fourth-order valence-electron chi connectivity index (χ4n) is 4.42. The Labute approximate surface area is 198 Å². The van der Waals surface area contributed by atoms with Crippen LogP contribution < -0.4 is 10.1 Å². The number of aromatic nitrogens is 4. The van der Waals surface area contributed by atoms with Crippen LogP contribution in [0.1, 0.15) is 29.9 Å². The zero-order valence-corrected chi connectivity index (χ0v) is 19.1. The maximum atomic E-state index is 12.7. The summed E-state index contributed by atoms with van der Waals surface area (Å²) in [7, 11) is 1.90. The number of hydrogen-bond donors (Lipinski definition) is 1. The van der Waals surface area contributed by atoms with Gasteiger partial charge in [0.25, 0.3) is 0 Å². The molecule has 1 aromatic carbocycles. The summed E-state index contributed by atoms with van der Waals surface area (Å²) in [4.78, 5) is 21.3. The number of fused-ring (bicyclic) bond motifs is 1. The SMILES string of the molecule is Cn1cc(-c2cnc3c(c2)NC[C@@H]([C@H](CCC(=O)Cc2ccncc2)c2ccccc2)O3)cn1. The van der Waals surface area contributed by atoms with E-state index in [1.54, 1.807) is 17.1 Å². The summed E-state index contributed by atoms with van der Waals surface area (Å²) in [5.74, 6) is 0.881. The average molecular weight is 454 g/mol. The molecule has 1 N–H and O–H groups in total. The summed E-state index contributed by atoms with van der Waals surface area (Å²) < 4.78 is 8.15. The molecular weight excluding hydrogens is 426 g/mol. The molecule has 0 unspecified atom stereocenters. The van der Waals surface area contributed by atoms with Gasteiger partial charge in [-0.05, 0) is 35.7 Å². The van der Waals surface area contributed by atoms with Crippen molar-refractivity contribution in [2.75, 3.05) is 11.9 Å². The number of hydrogen-bond acceptors (Lipinski definition) is 6. The van der Waals surface area contributed by atoms with Gasteiger partial charge in [-0.15, -0.1) is 0 Å². The van der Waals surface area contributed by atoms with Crippen LogP contribution in [0.4, 0.5) is 5.69 Å². The number of carbonyl (C=O) groups excluding carboxylic acids is 1. The molecule has 172 valence electrons. The molecule has 34 heavy (non-hydrogen) atoms. The van der Waals surface area contributed by atoms with Crippen molar-refractivity contribution < 1.29 is 9.53 Å². The quantitative estimate of drug-likeness (QED) is 0.425. The van der Waals surface area contributed by atoms with Crippen molar-refractivity contribution in [3.8, 4) is 17.0 Å². The van der Waals surface area contributed by atoms with Crippen LogP contribution in [0, 0.1) is 0 Å². The first-order valence-electron chi connectivity index (χ1n) is 11.5. The van der Waals surface area contributed by atoms with Gasteiger partial charge >= 0.3 is 0 Å². The third-order valence-corrected chi connectivity index (χ3v) is 6.21. The van der Waals surface area contributed by atoms with Gasteiger partial charge in [-0.2, -0.15) is 5.10 Å². The summed E-state index contributed by atoms with van der Waals surface area (Å²) in [5, 5.41) is 7.74. The predicted molar refractivity (Wildman–Crippen MR) is 131 cm³/mol. The summed E-state index contributed by atoms with van der Waals surface area (Å²) in [5.41, 5.74) is 5.04. The number of carbonyl (C=O) groups is 1. The van der Waals surface area contributed by atoms with Gasteiger partial charge in [0.05, 0.1) is 18.4 Å². The summed E-state index contributed by atoms with van der Waals surface area (Å²) >= 11 is 0. The fourth-order valence-corrected chi connectivity index (χ4v) is 4.42. The summed E-state index contributed by atoms with van der Waals surface area (Å²) in [6.45, 7) is 0.642. The number of benzene rings is 1. The van der Waals surface area contributed by atoms with E-state index in [2.05, 4.69) is 32.5 Å². The first kappa shape index (κ1) is 21.8. The fraction of sp³-hybridized carbons (Fsp3) is 0.259. The van der Waals surface area contributed by atoms with Gasteiger partial charge in [-0.25, -0.2) is 4.98 Å². The predicted octanol–water partition coefficient (Wildman–Crippen LogP) is 4.43. The number of nitrogens with zero attached hydrogens (tertiary/aromatic N) is 4. The second-order valence-corrected chi connectivity index (χ2v) is 8.64. The molecular formula is C27H27N5O2. The van der Waals surface area contributed by atoms with E-state index in [1.807, 2.05) is 62.0 Å². The lowest BCUT2D eigenvalue weighted by molar-refractivity contribution is -0.118. The van der Waals surface area contributed by atoms with Crippen molar-refractivity contribution in [2.24, 2.45) is 7.05 Å². The Morgan fingerprint density at radius 3 is 2.74 bits per heavy atom. The van der Waals surface area contributed by atoms with Crippen LogP contribution in [0.2, 0.25) is 0 Å². The van der Waals surface area contributed by atoms with E-state index in [1.165, 1.54) is 5.56 Å². The lowest BCUT2D eigenvalue weighted by atomic mass is 9.87. The van der Waals surface area contributed by atoms with Gasteiger partial charge in [0.15, 0.2) is 0 Å². The highest BCUT2D eigenvalue weighted by Gasteiger charge is 2.30. The van der Waals surface area contributed by atoms with E-state index in [-0.39, 0.29) is 17.8 Å². The average Bonchev–Trinajstić information content (AvgIpc) is 3.31. The van der Waals surface area contributed by atoms with Gasteiger partial charge in [0.1, 0.15) is 11.9 Å². The Morgan fingerprint density at radius 2 is 1.97 bits per heavy atom. The van der Waals surface area contributed by atoms with Crippen LogP contribution in [-0.2, 0) is 18.3 Å². The maximum Gasteiger partial charge on any atom is 0.237 e. The first-order valence-corrected chi connectivity index (χ1v) is 11.5. The summed E-state index contributed by atoms with van der Waals surface area (Å²) in [6.07, 6.45) is 10.5. The number of ketones is 1. The Morgan fingerprint density at radius 1 is 1.15 bits per heavy atom. The third-order valence-electron chi connectivity index (χ3n) is 6.21.